The number of halogens is 1. The van der Waals surface area contributed by atoms with Crippen LogP contribution in [0.2, 0.25) is 0 Å². The van der Waals surface area contributed by atoms with E-state index in [-0.39, 0.29) is 11.9 Å². The number of ether oxygens (including phenoxy) is 1. The van der Waals surface area contributed by atoms with E-state index in [9.17, 15) is 9.59 Å². The van der Waals surface area contributed by atoms with Gasteiger partial charge in [0, 0.05) is 15.9 Å². The molecule has 0 saturated carbocycles. The van der Waals surface area contributed by atoms with Gasteiger partial charge < -0.3 is 10.1 Å². The Labute approximate surface area is 160 Å². The zero-order chi connectivity index (χ0) is 18.2. The first-order valence-electron chi connectivity index (χ1n) is 7.89. The molecule has 0 aliphatic rings. The normalized spacial score (nSPS) is 10.4. The van der Waals surface area contributed by atoms with Crippen LogP contribution in [0.25, 0.3) is 0 Å². The van der Waals surface area contributed by atoms with Crippen molar-refractivity contribution >= 4 is 45.3 Å². The van der Waals surface area contributed by atoms with Crippen molar-refractivity contribution < 1.29 is 14.3 Å². The minimum Gasteiger partial charge on any atom is -0.462 e. The monoisotopic (exact) mass is 421 g/mol. The summed E-state index contributed by atoms with van der Waals surface area (Å²) < 4.78 is 6.02. The lowest BCUT2D eigenvalue weighted by Gasteiger charge is -2.10. The molecule has 0 aromatic heterocycles. The van der Waals surface area contributed by atoms with Gasteiger partial charge in [-0.2, -0.15) is 0 Å². The van der Waals surface area contributed by atoms with E-state index in [4.69, 9.17) is 4.74 Å². The van der Waals surface area contributed by atoms with Crippen LogP contribution in [-0.2, 0) is 15.3 Å². The van der Waals surface area contributed by atoms with Crippen molar-refractivity contribution in [2.24, 2.45) is 0 Å². The number of thioether (sulfide) groups is 1. The quantitative estimate of drug-likeness (QED) is 0.651. The highest BCUT2D eigenvalue weighted by Crippen LogP contribution is 2.19. The maximum Gasteiger partial charge on any atom is 0.338 e. The number of hydrogen-bond donors (Lipinski definition) is 1. The molecule has 0 unspecified atom stereocenters. The third-order valence-corrected chi connectivity index (χ3v) is 4.96. The molecule has 2 rings (SSSR count). The number of carbonyl (C=O) groups is 2. The van der Waals surface area contributed by atoms with Crippen molar-refractivity contribution in [3.63, 3.8) is 0 Å². The number of carbonyl (C=O) groups excluding carboxylic acids is 2. The standard InChI is InChI=1S/C19H20BrNO3S/c1-3-24-19(23)15-6-9-17(13(2)10-15)21-18(22)12-25-11-14-4-7-16(20)8-5-14/h4-10H,3,11-12H2,1-2H3,(H,21,22). The lowest BCUT2D eigenvalue weighted by molar-refractivity contribution is -0.113. The molecule has 0 atom stereocenters. The van der Waals surface area contributed by atoms with Gasteiger partial charge in [-0.05, 0) is 55.3 Å². The molecule has 0 spiro atoms. The van der Waals surface area contributed by atoms with Gasteiger partial charge in [0.1, 0.15) is 0 Å². The van der Waals surface area contributed by atoms with Gasteiger partial charge in [0.05, 0.1) is 17.9 Å². The molecule has 0 saturated heterocycles. The van der Waals surface area contributed by atoms with Crippen molar-refractivity contribution in [3.8, 4) is 0 Å². The summed E-state index contributed by atoms with van der Waals surface area (Å²) in [7, 11) is 0. The Bertz CT molecular complexity index is 747. The van der Waals surface area contributed by atoms with E-state index in [1.54, 1.807) is 36.9 Å². The summed E-state index contributed by atoms with van der Waals surface area (Å²) in [5, 5.41) is 2.88. The summed E-state index contributed by atoms with van der Waals surface area (Å²) in [5.41, 5.74) is 3.21. The number of nitrogens with one attached hydrogen (secondary N) is 1. The zero-order valence-electron chi connectivity index (χ0n) is 14.2. The number of anilines is 1. The molecule has 0 heterocycles. The van der Waals surface area contributed by atoms with E-state index in [1.807, 2.05) is 31.2 Å². The summed E-state index contributed by atoms with van der Waals surface area (Å²) in [6, 6.07) is 13.2. The molecule has 2 aromatic rings. The molecule has 0 fully saturated rings. The number of esters is 1. The second kappa shape index (κ2) is 9.63. The summed E-state index contributed by atoms with van der Waals surface area (Å²) in [6.07, 6.45) is 0. The Kier molecular flexibility index (Phi) is 7.52. The summed E-state index contributed by atoms with van der Waals surface area (Å²) in [5.74, 6) is 0.735. The fourth-order valence-corrected chi connectivity index (χ4v) is 3.23. The predicted octanol–water partition coefficient (Wildman–Crippen LogP) is 4.81. The smallest absolute Gasteiger partial charge is 0.338 e. The van der Waals surface area contributed by atoms with Gasteiger partial charge in [-0.15, -0.1) is 11.8 Å². The van der Waals surface area contributed by atoms with Crippen molar-refractivity contribution in [2.45, 2.75) is 19.6 Å². The van der Waals surface area contributed by atoms with E-state index < -0.39 is 0 Å². The molecular weight excluding hydrogens is 402 g/mol. The van der Waals surface area contributed by atoms with Gasteiger partial charge >= 0.3 is 5.97 Å². The van der Waals surface area contributed by atoms with E-state index >= 15 is 0 Å². The molecule has 6 heteroatoms. The lowest BCUT2D eigenvalue weighted by atomic mass is 10.1. The Morgan fingerprint density at radius 3 is 2.52 bits per heavy atom. The number of aryl methyl sites for hydroxylation is 1. The van der Waals surface area contributed by atoms with Crippen LogP contribution in [0.5, 0.6) is 0 Å². The molecule has 25 heavy (non-hydrogen) atoms. The molecule has 1 amide bonds. The summed E-state index contributed by atoms with van der Waals surface area (Å²) in [4.78, 5) is 23.8. The Balaban J connectivity index is 1.85. The molecule has 4 nitrogen and oxygen atoms in total. The Morgan fingerprint density at radius 1 is 1.16 bits per heavy atom. The average molecular weight is 422 g/mol. The van der Waals surface area contributed by atoms with Gasteiger partial charge in [-0.1, -0.05) is 28.1 Å². The highest BCUT2D eigenvalue weighted by Gasteiger charge is 2.10. The van der Waals surface area contributed by atoms with Crippen LogP contribution in [0.3, 0.4) is 0 Å². The van der Waals surface area contributed by atoms with Gasteiger partial charge in [-0.3, -0.25) is 4.79 Å². The van der Waals surface area contributed by atoms with Crippen LogP contribution in [0.4, 0.5) is 5.69 Å². The topological polar surface area (TPSA) is 55.4 Å². The maximum atomic E-state index is 12.1. The highest BCUT2D eigenvalue weighted by atomic mass is 79.9. The van der Waals surface area contributed by atoms with E-state index in [1.165, 1.54) is 5.56 Å². The first-order valence-corrected chi connectivity index (χ1v) is 9.84. The Morgan fingerprint density at radius 2 is 1.88 bits per heavy atom. The maximum absolute atomic E-state index is 12.1. The fraction of sp³-hybridized carbons (Fsp3) is 0.263. The molecular formula is C19H20BrNO3S. The van der Waals surface area contributed by atoms with Crippen molar-refractivity contribution in [2.75, 3.05) is 17.7 Å². The van der Waals surface area contributed by atoms with Crippen molar-refractivity contribution in [1.82, 2.24) is 0 Å². The van der Waals surface area contributed by atoms with Crippen LogP contribution >= 0.6 is 27.7 Å². The molecule has 132 valence electrons. The Hall–Kier alpha value is -1.79. The number of benzene rings is 2. The first kappa shape index (κ1) is 19.5. The van der Waals surface area contributed by atoms with E-state index in [0.29, 0.717) is 23.6 Å². The van der Waals surface area contributed by atoms with Gasteiger partial charge in [0.25, 0.3) is 0 Å². The van der Waals surface area contributed by atoms with Gasteiger partial charge in [0.15, 0.2) is 0 Å². The molecule has 0 aliphatic carbocycles. The third kappa shape index (κ3) is 6.21. The largest absolute Gasteiger partial charge is 0.462 e. The molecule has 0 aliphatic heterocycles. The SMILES string of the molecule is CCOC(=O)c1ccc(NC(=O)CSCc2ccc(Br)cc2)c(C)c1. The summed E-state index contributed by atoms with van der Waals surface area (Å²) >= 11 is 4.96. The van der Waals surface area contributed by atoms with Crippen LogP contribution in [0, 0.1) is 6.92 Å². The van der Waals surface area contributed by atoms with E-state index in [0.717, 1.165) is 15.8 Å². The van der Waals surface area contributed by atoms with Crippen LogP contribution in [0.1, 0.15) is 28.4 Å². The number of amides is 1. The molecule has 2 aromatic carbocycles. The highest BCUT2D eigenvalue weighted by molar-refractivity contribution is 9.10. The van der Waals surface area contributed by atoms with Crippen LogP contribution < -0.4 is 5.32 Å². The number of hydrogen-bond acceptors (Lipinski definition) is 4. The minimum atomic E-state index is -0.353. The van der Waals surface area contributed by atoms with Crippen molar-refractivity contribution in [1.29, 1.82) is 0 Å². The first-order chi connectivity index (χ1) is 12.0. The second-order valence-electron chi connectivity index (χ2n) is 5.42. The molecule has 0 radical (unpaired) electrons. The number of rotatable bonds is 7. The average Bonchev–Trinajstić information content (AvgIpc) is 2.58. The minimum absolute atomic E-state index is 0.0610. The molecule has 1 N–H and O–H groups in total. The third-order valence-electron chi connectivity index (χ3n) is 3.43. The van der Waals surface area contributed by atoms with Crippen molar-refractivity contribution in [3.05, 3.63) is 63.6 Å². The lowest BCUT2D eigenvalue weighted by Crippen LogP contribution is -2.15. The van der Waals surface area contributed by atoms with Gasteiger partial charge in [0.2, 0.25) is 5.91 Å². The molecule has 0 bridgehead atoms. The summed E-state index contributed by atoms with van der Waals surface area (Å²) in [6.45, 7) is 3.96. The van der Waals surface area contributed by atoms with E-state index in [2.05, 4.69) is 21.2 Å². The van der Waals surface area contributed by atoms with Gasteiger partial charge in [-0.25, -0.2) is 4.79 Å². The van der Waals surface area contributed by atoms with Crippen LogP contribution in [-0.4, -0.2) is 24.2 Å². The fourth-order valence-electron chi connectivity index (χ4n) is 2.17. The second-order valence-corrected chi connectivity index (χ2v) is 7.32. The predicted molar refractivity (Wildman–Crippen MR) is 106 cm³/mol. The van der Waals surface area contributed by atoms with Crippen LogP contribution in [0.15, 0.2) is 46.9 Å². The zero-order valence-corrected chi connectivity index (χ0v) is 16.6.